The highest BCUT2D eigenvalue weighted by Crippen LogP contribution is 2.30. The topological polar surface area (TPSA) is 69.9 Å². The minimum atomic E-state index is -0.00646. The van der Waals surface area contributed by atoms with Crippen molar-refractivity contribution < 1.29 is 15.0 Å². The minimum absolute atomic E-state index is 0.00646. The number of benzene rings is 3. The number of phenolic OH excluding ortho intramolecular Hbond substituents is 2. The summed E-state index contributed by atoms with van der Waals surface area (Å²) in [5, 5.41) is 22.1. The summed E-state index contributed by atoms with van der Waals surface area (Å²) >= 11 is 0. The lowest BCUT2D eigenvalue weighted by atomic mass is 10.0. The molecule has 0 spiro atoms. The number of rotatable bonds is 6. The second-order valence-corrected chi connectivity index (χ2v) is 6.21. The van der Waals surface area contributed by atoms with Crippen LogP contribution >= 0.6 is 0 Å². The van der Waals surface area contributed by atoms with E-state index >= 15 is 0 Å². The molecule has 0 aliphatic heterocycles. The standard InChI is InChI=1S/C22H21NO3/c1-2-3-8-20(24)16-10-12-22(26)19(13-16)23-14-18-17-7-5-4-6-15(17)9-11-21(18)25/h4-7,9-14,25-26H,2-3,8H2,1H3. The van der Waals surface area contributed by atoms with Crippen LogP contribution in [0.2, 0.25) is 0 Å². The maximum atomic E-state index is 12.2. The summed E-state index contributed by atoms with van der Waals surface area (Å²) in [7, 11) is 0. The van der Waals surface area contributed by atoms with Crippen LogP contribution in [-0.4, -0.2) is 22.2 Å². The van der Waals surface area contributed by atoms with Crippen molar-refractivity contribution in [3.05, 3.63) is 65.7 Å². The number of fused-ring (bicyclic) bond motifs is 1. The largest absolute Gasteiger partial charge is 0.507 e. The van der Waals surface area contributed by atoms with Gasteiger partial charge in [0, 0.05) is 23.8 Å². The molecule has 0 unspecified atom stereocenters. The molecule has 0 heterocycles. The Labute approximate surface area is 152 Å². The number of nitrogens with zero attached hydrogens (tertiary/aromatic N) is 1. The van der Waals surface area contributed by atoms with Crippen LogP contribution in [0, 0.1) is 0 Å². The third-order valence-electron chi connectivity index (χ3n) is 4.34. The molecule has 0 aliphatic rings. The zero-order valence-corrected chi connectivity index (χ0v) is 14.6. The molecule has 0 radical (unpaired) electrons. The molecule has 0 fully saturated rings. The molecule has 26 heavy (non-hydrogen) atoms. The summed E-state index contributed by atoms with van der Waals surface area (Å²) in [6, 6.07) is 15.8. The predicted octanol–water partition coefficient (Wildman–Crippen LogP) is 5.37. The zero-order valence-electron chi connectivity index (χ0n) is 14.6. The Kier molecular flexibility index (Phi) is 5.32. The zero-order chi connectivity index (χ0) is 18.5. The fraction of sp³-hybridized carbons (Fsp3) is 0.182. The number of ketones is 1. The van der Waals surface area contributed by atoms with Crippen LogP contribution in [0.3, 0.4) is 0 Å². The Balaban J connectivity index is 1.96. The lowest BCUT2D eigenvalue weighted by Gasteiger charge is -2.06. The average molecular weight is 347 g/mol. The fourth-order valence-corrected chi connectivity index (χ4v) is 2.84. The van der Waals surface area contributed by atoms with E-state index in [1.807, 2.05) is 37.3 Å². The number of aromatic hydroxyl groups is 2. The van der Waals surface area contributed by atoms with Gasteiger partial charge in [-0.25, -0.2) is 0 Å². The van der Waals surface area contributed by atoms with Gasteiger partial charge in [0.05, 0.1) is 0 Å². The SMILES string of the molecule is CCCCC(=O)c1ccc(O)c(N=Cc2c(O)ccc3ccccc23)c1. The van der Waals surface area contributed by atoms with Gasteiger partial charge in [-0.1, -0.05) is 43.7 Å². The molecule has 3 aromatic rings. The van der Waals surface area contributed by atoms with Gasteiger partial charge in [-0.2, -0.15) is 0 Å². The summed E-state index contributed by atoms with van der Waals surface area (Å²) in [5.41, 5.74) is 1.41. The Morgan fingerprint density at radius 2 is 1.81 bits per heavy atom. The van der Waals surface area contributed by atoms with Crippen LogP contribution in [-0.2, 0) is 0 Å². The second kappa shape index (κ2) is 7.83. The lowest BCUT2D eigenvalue weighted by molar-refractivity contribution is 0.0980. The number of phenols is 2. The van der Waals surface area contributed by atoms with Crippen molar-refractivity contribution in [2.24, 2.45) is 4.99 Å². The normalized spacial score (nSPS) is 11.3. The van der Waals surface area contributed by atoms with Gasteiger partial charge in [0.15, 0.2) is 5.78 Å². The summed E-state index contributed by atoms with van der Waals surface area (Å²) < 4.78 is 0. The summed E-state index contributed by atoms with van der Waals surface area (Å²) in [6.07, 6.45) is 3.79. The molecule has 0 amide bonds. The number of aliphatic imine (C=N–C) groups is 1. The van der Waals surface area contributed by atoms with E-state index < -0.39 is 0 Å². The first-order chi connectivity index (χ1) is 12.6. The molecule has 0 saturated carbocycles. The second-order valence-electron chi connectivity index (χ2n) is 6.21. The number of hydrogen-bond acceptors (Lipinski definition) is 4. The van der Waals surface area contributed by atoms with Gasteiger partial charge >= 0.3 is 0 Å². The summed E-state index contributed by atoms with van der Waals surface area (Å²) in [4.78, 5) is 16.5. The molecular weight excluding hydrogens is 326 g/mol. The van der Waals surface area contributed by atoms with Gasteiger partial charge in [0.1, 0.15) is 17.2 Å². The van der Waals surface area contributed by atoms with Gasteiger partial charge in [-0.05, 0) is 41.5 Å². The van der Waals surface area contributed by atoms with Crippen LogP contribution in [0.4, 0.5) is 5.69 Å². The fourth-order valence-electron chi connectivity index (χ4n) is 2.84. The Hall–Kier alpha value is -3.14. The Morgan fingerprint density at radius 3 is 2.62 bits per heavy atom. The third-order valence-corrected chi connectivity index (χ3v) is 4.34. The molecule has 3 rings (SSSR count). The number of carbonyl (C=O) groups is 1. The van der Waals surface area contributed by atoms with Crippen molar-refractivity contribution in [3.63, 3.8) is 0 Å². The van der Waals surface area contributed by atoms with Crippen molar-refractivity contribution >= 4 is 28.5 Å². The van der Waals surface area contributed by atoms with Crippen molar-refractivity contribution in [1.82, 2.24) is 0 Å². The Morgan fingerprint density at radius 1 is 1.04 bits per heavy atom. The average Bonchev–Trinajstić information content (AvgIpc) is 2.66. The van der Waals surface area contributed by atoms with E-state index in [2.05, 4.69) is 4.99 Å². The van der Waals surface area contributed by atoms with E-state index in [0.29, 0.717) is 23.2 Å². The third kappa shape index (κ3) is 3.75. The van der Waals surface area contributed by atoms with Gasteiger partial charge in [0.25, 0.3) is 0 Å². The molecule has 4 nitrogen and oxygen atoms in total. The maximum absolute atomic E-state index is 12.2. The van der Waals surface area contributed by atoms with E-state index in [9.17, 15) is 15.0 Å². The number of carbonyl (C=O) groups excluding carboxylic acids is 1. The summed E-state index contributed by atoms with van der Waals surface area (Å²) in [5.74, 6) is 0.145. The van der Waals surface area contributed by atoms with Crippen LogP contribution < -0.4 is 0 Å². The molecule has 0 saturated heterocycles. The molecule has 0 bridgehead atoms. The molecular formula is C22H21NO3. The van der Waals surface area contributed by atoms with Gasteiger partial charge in [-0.3, -0.25) is 9.79 Å². The smallest absolute Gasteiger partial charge is 0.162 e. The molecule has 4 heteroatoms. The van der Waals surface area contributed by atoms with Crippen LogP contribution in [0.1, 0.15) is 42.1 Å². The number of hydrogen-bond donors (Lipinski definition) is 2. The van der Waals surface area contributed by atoms with E-state index in [0.717, 1.165) is 23.6 Å². The van der Waals surface area contributed by atoms with Gasteiger partial charge in [0.2, 0.25) is 0 Å². The first-order valence-electron chi connectivity index (χ1n) is 8.71. The van der Waals surface area contributed by atoms with Crippen LogP contribution in [0.15, 0.2) is 59.6 Å². The van der Waals surface area contributed by atoms with E-state index in [1.54, 1.807) is 18.2 Å². The van der Waals surface area contributed by atoms with E-state index in [4.69, 9.17) is 0 Å². The highest BCUT2D eigenvalue weighted by molar-refractivity contribution is 6.03. The van der Waals surface area contributed by atoms with Crippen molar-refractivity contribution in [1.29, 1.82) is 0 Å². The molecule has 0 atom stereocenters. The minimum Gasteiger partial charge on any atom is -0.507 e. The van der Waals surface area contributed by atoms with Crippen molar-refractivity contribution in [2.45, 2.75) is 26.2 Å². The lowest BCUT2D eigenvalue weighted by Crippen LogP contribution is -1.98. The van der Waals surface area contributed by atoms with Crippen LogP contribution in [0.25, 0.3) is 10.8 Å². The van der Waals surface area contributed by atoms with Crippen molar-refractivity contribution in [3.8, 4) is 11.5 Å². The van der Waals surface area contributed by atoms with Gasteiger partial charge < -0.3 is 10.2 Å². The highest BCUT2D eigenvalue weighted by Gasteiger charge is 2.09. The first kappa shape index (κ1) is 17.7. The monoisotopic (exact) mass is 347 g/mol. The maximum Gasteiger partial charge on any atom is 0.162 e. The van der Waals surface area contributed by atoms with Crippen LogP contribution in [0.5, 0.6) is 11.5 Å². The van der Waals surface area contributed by atoms with E-state index in [-0.39, 0.29) is 17.3 Å². The molecule has 0 aliphatic carbocycles. The number of Topliss-reactive ketones (excluding diaryl/α,β-unsaturated/α-hetero) is 1. The van der Waals surface area contributed by atoms with Gasteiger partial charge in [-0.15, -0.1) is 0 Å². The predicted molar refractivity (Wildman–Crippen MR) is 105 cm³/mol. The molecule has 132 valence electrons. The quantitative estimate of drug-likeness (QED) is 0.465. The first-order valence-corrected chi connectivity index (χ1v) is 8.71. The molecule has 2 N–H and O–H groups in total. The van der Waals surface area contributed by atoms with E-state index in [1.165, 1.54) is 12.3 Å². The molecule has 3 aromatic carbocycles. The molecule has 0 aromatic heterocycles. The number of unbranched alkanes of at least 4 members (excludes halogenated alkanes) is 1. The Bertz CT molecular complexity index is 976. The highest BCUT2D eigenvalue weighted by atomic mass is 16.3. The van der Waals surface area contributed by atoms with Crippen molar-refractivity contribution in [2.75, 3.05) is 0 Å². The summed E-state index contributed by atoms with van der Waals surface area (Å²) in [6.45, 7) is 2.04.